The quantitative estimate of drug-likeness (QED) is 0.873. The third-order valence-corrected chi connectivity index (χ3v) is 4.25. The van der Waals surface area contributed by atoms with Crippen molar-refractivity contribution < 1.29 is 22.5 Å². The second-order valence-electron chi connectivity index (χ2n) is 6.13. The van der Waals surface area contributed by atoms with E-state index < -0.39 is 36.1 Å². The molecule has 2 rings (SSSR count). The molecule has 1 fully saturated rings. The van der Waals surface area contributed by atoms with Crippen molar-refractivity contribution in [2.75, 3.05) is 0 Å². The van der Waals surface area contributed by atoms with Gasteiger partial charge in [-0.05, 0) is 33.3 Å². The van der Waals surface area contributed by atoms with Crippen LogP contribution in [0.3, 0.4) is 0 Å². The molecular weight excluding hydrogens is 282 g/mol. The number of halogens is 3. The van der Waals surface area contributed by atoms with Gasteiger partial charge in [0, 0.05) is 12.0 Å². The molecule has 0 unspecified atom stereocenters. The van der Waals surface area contributed by atoms with Crippen molar-refractivity contribution in [3.05, 3.63) is 29.1 Å². The van der Waals surface area contributed by atoms with E-state index >= 15 is 0 Å². The predicted molar refractivity (Wildman–Crippen MR) is 75.0 cm³/mol. The Labute approximate surface area is 122 Å². The van der Waals surface area contributed by atoms with Gasteiger partial charge in [-0.2, -0.15) is 0 Å². The average Bonchev–Trinajstić information content (AvgIpc) is 2.57. The van der Waals surface area contributed by atoms with Crippen LogP contribution in [0.5, 0.6) is 0 Å². The Morgan fingerprint density at radius 1 is 1.14 bits per heavy atom. The summed E-state index contributed by atoms with van der Waals surface area (Å²) < 4.78 is 52.0. The summed E-state index contributed by atoms with van der Waals surface area (Å²) in [7, 11) is -1.01. The van der Waals surface area contributed by atoms with Gasteiger partial charge in [-0.15, -0.1) is 0 Å². The normalized spacial score (nSPS) is 20.3. The van der Waals surface area contributed by atoms with Crippen LogP contribution in [0.2, 0.25) is 0 Å². The summed E-state index contributed by atoms with van der Waals surface area (Å²) in [5.74, 6) is -1.01. The van der Waals surface area contributed by atoms with E-state index in [0.717, 1.165) is 0 Å². The monoisotopic (exact) mass is 301 g/mol. The average molecular weight is 301 g/mol. The highest BCUT2D eigenvalue weighted by molar-refractivity contribution is 6.62. The van der Waals surface area contributed by atoms with Crippen molar-refractivity contribution in [2.24, 2.45) is 5.73 Å². The maximum Gasteiger partial charge on any atom is 0.497 e. The van der Waals surface area contributed by atoms with Gasteiger partial charge in [-0.3, -0.25) is 0 Å². The summed E-state index contributed by atoms with van der Waals surface area (Å²) in [5.41, 5.74) is 3.44. The zero-order valence-electron chi connectivity index (χ0n) is 12.5. The topological polar surface area (TPSA) is 44.5 Å². The van der Waals surface area contributed by atoms with E-state index in [0.29, 0.717) is 0 Å². The van der Waals surface area contributed by atoms with Crippen LogP contribution in [0.1, 0.15) is 45.2 Å². The van der Waals surface area contributed by atoms with E-state index in [1.807, 2.05) is 27.7 Å². The fourth-order valence-corrected chi connectivity index (χ4v) is 2.22. The maximum absolute atomic E-state index is 14.4. The lowest BCUT2D eigenvalue weighted by Crippen LogP contribution is -2.41. The first-order valence-corrected chi connectivity index (χ1v) is 6.75. The molecule has 1 aromatic carbocycles. The Hall–Kier alpha value is -1.05. The molecule has 0 aromatic heterocycles. The Balaban J connectivity index is 2.45. The fraction of sp³-hybridized carbons (Fsp3) is 0.571. The highest BCUT2D eigenvalue weighted by Gasteiger charge is 2.52. The minimum atomic E-state index is -2.94. The summed E-state index contributed by atoms with van der Waals surface area (Å²) in [6, 6.07) is 2.79. The van der Waals surface area contributed by atoms with Gasteiger partial charge in [0.15, 0.2) is 0 Å². The first-order valence-electron chi connectivity index (χ1n) is 6.75. The summed E-state index contributed by atoms with van der Waals surface area (Å²) >= 11 is 0. The predicted octanol–water partition coefficient (Wildman–Crippen LogP) is 2.52. The van der Waals surface area contributed by atoms with Crippen molar-refractivity contribution in [3.63, 3.8) is 0 Å². The molecule has 0 atom stereocenters. The van der Waals surface area contributed by atoms with Crippen LogP contribution in [0.25, 0.3) is 0 Å². The molecule has 1 heterocycles. The van der Waals surface area contributed by atoms with Gasteiger partial charge in [-0.1, -0.05) is 12.1 Å². The van der Waals surface area contributed by atoms with Crippen LogP contribution >= 0.6 is 0 Å². The third kappa shape index (κ3) is 2.70. The Kier molecular flexibility index (Phi) is 4.12. The van der Waals surface area contributed by atoms with Crippen molar-refractivity contribution in [1.82, 2.24) is 0 Å². The highest BCUT2D eigenvalue weighted by Crippen LogP contribution is 2.37. The zero-order chi connectivity index (χ0) is 16.0. The van der Waals surface area contributed by atoms with Crippen molar-refractivity contribution in [1.29, 1.82) is 0 Å². The molecule has 0 spiro atoms. The Morgan fingerprint density at radius 3 is 2.10 bits per heavy atom. The van der Waals surface area contributed by atoms with Gasteiger partial charge in [0.2, 0.25) is 0 Å². The third-order valence-electron chi connectivity index (χ3n) is 4.25. The lowest BCUT2D eigenvalue weighted by Gasteiger charge is -2.32. The van der Waals surface area contributed by atoms with Gasteiger partial charge in [0.05, 0.1) is 16.8 Å². The van der Waals surface area contributed by atoms with Gasteiger partial charge in [0.1, 0.15) is 5.82 Å². The first kappa shape index (κ1) is 16.3. The first-order chi connectivity index (χ1) is 9.60. The Morgan fingerprint density at radius 2 is 1.67 bits per heavy atom. The number of hydrogen-bond donors (Lipinski definition) is 1. The van der Waals surface area contributed by atoms with Crippen molar-refractivity contribution in [2.45, 2.75) is 51.9 Å². The SMILES string of the molecule is CC1(C)OB(c2ccc(CN)c(C(F)F)c2F)OC1(C)C. The van der Waals surface area contributed by atoms with E-state index in [9.17, 15) is 13.2 Å². The van der Waals surface area contributed by atoms with E-state index in [1.165, 1.54) is 12.1 Å². The van der Waals surface area contributed by atoms with Gasteiger partial charge >= 0.3 is 7.12 Å². The second kappa shape index (κ2) is 5.30. The molecule has 2 N–H and O–H groups in total. The van der Waals surface area contributed by atoms with Crippen molar-refractivity contribution in [3.8, 4) is 0 Å². The van der Waals surface area contributed by atoms with Crippen molar-refractivity contribution >= 4 is 12.6 Å². The molecule has 0 amide bonds. The number of rotatable bonds is 3. The molecule has 3 nitrogen and oxygen atoms in total. The van der Waals surface area contributed by atoms with E-state index in [4.69, 9.17) is 15.0 Å². The molecule has 0 bridgehead atoms. The number of alkyl halides is 2. The molecule has 0 aliphatic carbocycles. The van der Waals surface area contributed by atoms with Crippen LogP contribution in [0.4, 0.5) is 13.2 Å². The fourth-order valence-electron chi connectivity index (χ4n) is 2.22. The Bertz CT molecular complexity index is 533. The number of hydrogen-bond acceptors (Lipinski definition) is 3. The molecule has 116 valence electrons. The number of nitrogens with two attached hydrogens (primary N) is 1. The molecule has 7 heteroatoms. The molecule has 0 saturated carbocycles. The lowest BCUT2D eigenvalue weighted by atomic mass is 9.77. The van der Waals surface area contributed by atoms with Crippen LogP contribution in [0.15, 0.2) is 12.1 Å². The van der Waals surface area contributed by atoms with E-state index in [2.05, 4.69) is 0 Å². The maximum atomic E-state index is 14.4. The summed E-state index contributed by atoms with van der Waals surface area (Å²) in [6.45, 7) is 7.10. The van der Waals surface area contributed by atoms with Crippen LogP contribution in [0, 0.1) is 5.82 Å². The molecule has 21 heavy (non-hydrogen) atoms. The second-order valence-corrected chi connectivity index (χ2v) is 6.13. The summed E-state index contributed by atoms with van der Waals surface area (Å²) in [4.78, 5) is 0. The smallest absolute Gasteiger partial charge is 0.399 e. The molecule has 1 saturated heterocycles. The van der Waals surface area contributed by atoms with Crippen LogP contribution in [-0.2, 0) is 15.9 Å². The van der Waals surface area contributed by atoms with Crippen LogP contribution < -0.4 is 11.2 Å². The lowest BCUT2D eigenvalue weighted by molar-refractivity contribution is 0.00578. The molecule has 1 aliphatic rings. The zero-order valence-corrected chi connectivity index (χ0v) is 12.5. The van der Waals surface area contributed by atoms with Gasteiger partial charge in [-0.25, -0.2) is 13.2 Å². The summed E-state index contributed by atoms with van der Waals surface area (Å²) in [6.07, 6.45) is -2.94. The van der Waals surface area contributed by atoms with Crippen LogP contribution in [-0.4, -0.2) is 18.3 Å². The largest absolute Gasteiger partial charge is 0.497 e. The van der Waals surface area contributed by atoms with E-state index in [1.54, 1.807) is 0 Å². The minimum absolute atomic E-state index is 0.0267. The van der Waals surface area contributed by atoms with E-state index in [-0.39, 0.29) is 17.6 Å². The summed E-state index contributed by atoms with van der Waals surface area (Å²) in [5, 5.41) is 0. The van der Waals surface area contributed by atoms with Gasteiger partial charge in [0.25, 0.3) is 6.43 Å². The minimum Gasteiger partial charge on any atom is -0.399 e. The number of benzene rings is 1. The molecule has 1 aliphatic heterocycles. The molecular formula is C14H19BF3NO2. The standard InChI is InChI=1S/C14H19BF3NO2/c1-13(2)14(3,4)21-15(20-13)9-6-5-8(7-19)10(11(9)16)12(17)18/h5-6,12H,7,19H2,1-4H3. The molecule has 1 aromatic rings. The highest BCUT2D eigenvalue weighted by atomic mass is 19.3. The van der Waals surface area contributed by atoms with Gasteiger partial charge < -0.3 is 15.0 Å². The molecule has 0 radical (unpaired) electrons.